The van der Waals surface area contributed by atoms with Gasteiger partial charge in [0.15, 0.2) is 0 Å². The van der Waals surface area contributed by atoms with Crippen molar-refractivity contribution in [1.29, 1.82) is 0 Å². The average Bonchev–Trinajstić information content (AvgIpc) is 2.65. The van der Waals surface area contributed by atoms with Crippen LogP contribution in [0.15, 0.2) is 0 Å². The third-order valence-electron chi connectivity index (χ3n) is 3.92. The molecule has 0 aromatic heterocycles. The van der Waals surface area contributed by atoms with E-state index in [0.717, 1.165) is 11.3 Å². The van der Waals surface area contributed by atoms with Crippen molar-refractivity contribution >= 4 is 11.8 Å². The molecule has 0 radical (unpaired) electrons. The maximum Gasteiger partial charge on any atom is 0.0198 e. The Morgan fingerprint density at radius 3 is 2.67 bits per heavy atom. The second-order valence-electron chi connectivity index (χ2n) is 5.10. The third kappa shape index (κ3) is 3.11. The standard InChI is InChI=1S/C12H24N2S/c1-15-12-7-3-6-11(12)14-10-5-2-4-9(13)8-10/h9-12,14H,2-8,13H2,1H3. The SMILES string of the molecule is CSC1CCCC1NC1CCCC(N)C1. The molecule has 0 heterocycles. The summed E-state index contributed by atoms with van der Waals surface area (Å²) in [5.41, 5.74) is 6.02. The number of hydrogen-bond donors (Lipinski definition) is 2. The molecule has 0 spiro atoms. The molecule has 3 N–H and O–H groups in total. The highest BCUT2D eigenvalue weighted by atomic mass is 32.2. The van der Waals surface area contributed by atoms with Gasteiger partial charge in [-0.3, -0.25) is 0 Å². The highest BCUT2D eigenvalue weighted by Crippen LogP contribution is 2.30. The van der Waals surface area contributed by atoms with Gasteiger partial charge in [-0.15, -0.1) is 0 Å². The molecule has 2 aliphatic carbocycles. The van der Waals surface area contributed by atoms with Gasteiger partial charge in [0.1, 0.15) is 0 Å². The van der Waals surface area contributed by atoms with Crippen molar-refractivity contribution < 1.29 is 0 Å². The second kappa shape index (κ2) is 5.55. The summed E-state index contributed by atoms with van der Waals surface area (Å²) in [4.78, 5) is 0. The van der Waals surface area contributed by atoms with Gasteiger partial charge in [0.25, 0.3) is 0 Å². The molecule has 0 saturated heterocycles. The summed E-state index contributed by atoms with van der Waals surface area (Å²) in [6.07, 6.45) is 11.5. The van der Waals surface area contributed by atoms with Crippen molar-refractivity contribution in [3.05, 3.63) is 0 Å². The van der Waals surface area contributed by atoms with Gasteiger partial charge in [0, 0.05) is 23.4 Å². The number of nitrogens with one attached hydrogen (secondary N) is 1. The first-order valence-electron chi connectivity index (χ1n) is 6.34. The van der Waals surface area contributed by atoms with E-state index in [0.29, 0.717) is 12.1 Å². The van der Waals surface area contributed by atoms with Crippen LogP contribution in [0.2, 0.25) is 0 Å². The van der Waals surface area contributed by atoms with Crippen molar-refractivity contribution in [2.24, 2.45) is 5.73 Å². The van der Waals surface area contributed by atoms with Crippen LogP contribution in [0.25, 0.3) is 0 Å². The molecule has 0 aromatic rings. The minimum atomic E-state index is 0.449. The van der Waals surface area contributed by atoms with Gasteiger partial charge >= 0.3 is 0 Å². The van der Waals surface area contributed by atoms with E-state index in [1.807, 2.05) is 11.8 Å². The molecule has 0 aromatic carbocycles. The summed E-state index contributed by atoms with van der Waals surface area (Å²) in [7, 11) is 0. The largest absolute Gasteiger partial charge is 0.328 e. The molecular weight excluding hydrogens is 204 g/mol. The Kier molecular flexibility index (Phi) is 4.35. The maximum atomic E-state index is 6.02. The first kappa shape index (κ1) is 11.7. The first-order valence-corrected chi connectivity index (χ1v) is 7.63. The second-order valence-corrected chi connectivity index (χ2v) is 6.18. The Balaban J connectivity index is 1.80. The van der Waals surface area contributed by atoms with Crippen LogP contribution in [0.3, 0.4) is 0 Å². The first-order chi connectivity index (χ1) is 7.29. The van der Waals surface area contributed by atoms with E-state index in [-0.39, 0.29) is 0 Å². The lowest BCUT2D eigenvalue weighted by Gasteiger charge is -2.31. The lowest BCUT2D eigenvalue weighted by atomic mass is 9.91. The Bertz CT molecular complexity index is 198. The van der Waals surface area contributed by atoms with Gasteiger partial charge in [0.05, 0.1) is 0 Å². The van der Waals surface area contributed by atoms with Gasteiger partial charge in [-0.2, -0.15) is 11.8 Å². The van der Waals surface area contributed by atoms with E-state index in [2.05, 4.69) is 11.6 Å². The number of thioether (sulfide) groups is 1. The van der Waals surface area contributed by atoms with Crippen molar-refractivity contribution in [3.63, 3.8) is 0 Å². The van der Waals surface area contributed by atoms with Gasteiger partial charge < -0.3 is 11.1 Å². The molecule has 15 heavy (non-hydrogen) atoms. The summed E-state index contributed by atoms with van der Waals surface area (Å²) in [5, 5.41) is 4.70. The Hall–Kier alpha value is 0.270. The lowest BCUT2D eigenvalue weighted by molar-refractivity contribution is 0.313. The van der Waals surface area contributed by atoms with Crippen LogP contribution in [-0.4, -0.2) is 29.6 Å². The van der Waals surface area contributed by atoms with Crippen molar-refractivity contribution in [2.75, 3.05) is 6.26 Å². The van der Waals surface area contributed by atoms with E-state index in [1.165, 1.54) is 44.9 Å². The van der Waals surface area contributed by atoms with Crippen molar-refractivity contribution in [2.45, 2.75) is 68.3 Å². The fraction of sp³-hybridized carbons (Fsp3) is 1.00. The Labute approximate surface area is 97.8 Å². The molecule has 2 rings (SSSR count). The van der Waals surface area contributed by atoms with Crippen molar-refractivity contribution in [1.82, 2.24) is 5.32 Å². The number of nitrogens with two attached hydrogens (primary N) is 1. The fourth-order valence-electron chi connectivity index (χ4n) is 3.08. The topological polar surface area (TPSA) is 38.0 Å². The van der Waals surface area contributed by atoms with Crippen molar-refractivity contribution in [3.8, 4) is 0 Å². The van der Waals surface area contributed by atoms with Crippen LogP contribution in [0.5, 0.6) is 0 Å². The molecular formula is C12H24N2S. The minimum absolute atomic E-state index is 0.449. The molecule has 2 saturated carbocycles. The van der Waals surface area contributed by atoms with Crippen LogP contribution >= 0.6 is 11.8 Å². The predicted octanol–water partition coefficient (Wildman–Crippen LogP) is 2.13. The zero-order chi connectivity index (χ0) is 10.7. The van der Waals surface area contributed by atoms with E-state index in [1.54, 1.807) is 0 Å². The Morgan fingerprint density at radius 2 is 1.93 bits per heavy atom. The van der Waals surface area contributed by atoms with E-state index in [4.69, 9.17) is 5.73 Å². The molecule has 4 unspecified atom stereocenters. The van der Waals surface area contributed by atoms with E-state index in [9.17, 15) is 0 Å². The minimum Gasteiger partial charge on any atom is -0.328 e. The smallest absolute Gasteiger partial charge is 0.0198 e. The zero-order valence-electron chi connectivity index (χ0n) is 9.74. The summed E-state index contributed by atoms with van der Waals surface area (Å²) in [6, 6.07) is 1.91. The Morgan fingerprint density at radius 1 is 1.13 bits per heavy atom. The number of hydrogen-bond acceptors (Lipinski definition) is 3. The molecule has 2 nitrogen and oxygen atoms in total. The van der Waals surface area contributed by atoms with E-state index >= 15 is 0 Å². The predicted molar refractivity (Wildman–Crippen MR) is 68.3 cm³/mol. The fourth-order valence-corrected chi connectivity index (χ4v) is 4.03. The normalized spacial score (nSPS) is 42.0. The molecule has 88 valence electrons. The van der Waals surface area contributed by atoms with Gasteiger partial charge in [-0.1, -0.05) is 12.8 Å². The van der Waals surface area contributed by atoms with E-state index < -0.39 is 0 Å². The lowest BCUT2D eigenvalue weighted by Crippen LogP contribution is -2.46. The van der Waals surface area contributed by atoms with Gasteiger partial charge in [-0.25, -0.2) is 0 Å². The monoisotopic (exact) mass is 228 g/mol. The summed E-state index contributed by atoms with van der Waals surface area (Å²) in [5.74, 6) is 0. The maximum absolute atomic E-state index is 6.02. The molecule has 0 aliphatic heterocycles. The molecule has 0 bridgehead atoms. The summed E-state index contributed by atoms with van der Waals surface area (Å²) < 4.78 is 0. The highest BCUT2D eigenvalue weighted by Gasteiger charge is 2.29. The molecule has 4 atom stereocenters. The van der Waals surface area contributed by atoms with Crippen LogP contribution < -0.4 is 11.1 Å². The average molecular weight is 228 g/mol. The van der Waals surface area contributed by atoms with Crippen LogP contribution in [0.1, 0.15) is 44.9 Å². The van der Waals surface area contributed by atoms with Gasteiger partial charge in [-0.05, 0) is 38.4 Å². The van der Waals surface area contributed by atoms with Crippen LogP contribution in [0.4, 0.5) is 0 Å². The van der Waals surface area contributed by atoms with Crippen LogP contribution in [0, 0.1) is 0 Å². The molecule has 3 heteroatoms. The highest BCUT2D eigenvalue weighted by molar-refractivity contribution is 7.99. The van der Waals surface area contributed by atoms with Crippen LogP contribution in [-0.2, 0) is 0 Å². The molecule has 2 fully saturated rings. The quantitative estimate of drug-likeness (QED) is 0.777. The molecule has 2 aliphatic rings. The van der Waals surface area contributed by atoms with Gasteiger partial charge in [0.2, 0.25) is 0 Å². The summed E-state index contributed by atoms with van der Waals surface area (Å²) in [6.45, 7) is 0. The summed E-state index contributed by atoms with van der Waals surface area (Å²) >= 11 is 2.04. The zero-order valence-corrected chi connectivity index (χ0v) is 10.6. The third-order valence-corrected chi connectivity index (χ3v) is 5.09. The molecule has 0 amide bonds. The number of rotatable bonds is 3.